The van der Waals surface area contributed by atoms with Gasteiger partial charge in [0.15, 0.2) is 0 Å². The molecule has 4 rings (SSSR count). The van der Waals surface area contributed by atoms with Crippen molar-refractivity contribution < 1.29 is 20.2 Å². The molecule has 0 spiro atoms. The largest absolute Gasteiger partial charge is 0.392 e. The number of nitrogens with one attached hydrogen (secondary N) is 1. The lowest BCUT2D eigenvalue weighted by molar-refractivity contribution is -0.124. The number of amides is 1. The summed E-state index contributed by atoms with van der Waals surface area (Å²) in [6.45, 7) is 4.92. The van der Waals surface area contributed by atoms with E-state index < -0.39 is 18.1 Å². The summed E-state index contributed by atoms with van der Waals surface area (Å²) in [6, 6.07) is 17.3. The smallest absolute Gasteiger partial charge is 0.267 e. The van der Waals surface area contributed by atoms with Crippen LogP contribution in [0, 0.1) is 13.8 Å². The minimum atomic E-state index is -0.784. The molecule has 8 heteroatoms. The van der Waals surface area contributed by atoms with Gasteiger partial charge in [0, 0.05) is 36.5 Å². The molecule has 0 aliphatic carbocycles. The van der Waals surface area contributed by atoms with Crippen LogP contribution in [0.4, 0.5) is 0 Å². The molecule has 1 aromatic heterocycles. The van der Waals surface area contributed by atoms with Gasteiger partial charge in [-0.1, -0.05) is 42.5 Å². The predicted molar refractivity (Wildman–Crippen MR) is 128 cm³/mol. The zero-order chi connectivity index (χ0) is 24.2. The highest BCUT2D eigenvalue weighted by atomic mass is 16.5. The van der Waals surface area contributed by atoms with Gasteiger partial charge >= 0.3 is 0 Å². The molecule has 1 saturated heterocycles. The van der Waals surface area contributed by atoms with E-state index in [0.29, 0.717) is 19.5 Å². The number of carbonyl (C=O) groups excluding carboxylic acids is 1. The van der Waals surface area contributed by atoms with Gasteiger partial charge in [-0.2, -0.15) is 5.10 Å². The second-order valence-corrected chi connectivity index (χ2v) is 8.71. The van der Waals surface area contributed by atoms with E-state index in [1.165, 1.54) is 6.08 Å². The number of hydrogen-bond donors (Lipinski definition) is 4. The van der Waals surface area contributed by atoms with Crippen molar-refractivity contribution in [3.63, 3.8) is 0 Å². The lowest BCUT2D eigenvalue weighted by Crippen LogP contribution is -2.34. The molecule has 178 valence electrons. The molecule has 0 radical (unpaired) electrons. The van der Waals surface area contributed by atoms with Gasteiger partial charge in [0.1, 0.15) is 0 Å². The fourth-order valence-electron chi connectivity index (χ4n) is 4.69. The van der Waals surface area contributed by atoms with Crippen LogP contribution in [0.15, 0.2) is 60.7 Å². The molecule has 0 saturated carbocycles. The van der Waals surface area contributed by atoms with E-state index in [1.54, 1.807) is 11.6 Å². The van der Waals surface area contributed by atoms with E-state index in [0.717, 1.165) is 33.8 Å². The number of carbonyl (C=O) groups is 1. The summed E-state index contributed by atoms with van der Waals surface area (Å²) in [5, 5.41) is 35.1. The average molecular weight is 463 g/mol. The van der Waals surface area contributed by atoms with Gasteiger partial charge in [-0.25, -0.2) is 10.2 Å². The first-order valence-corrected chi connectivity index (χ1v) is 11.3. The van der Waals surface area contributed by atoms with Gasteiger partial charge in [-0.15, -0.1) is 0 Å². The van der Waals surface area contributed by atoms with Crippen LogP contribution >= 0.6 is 0 Å². The van der Waals surface area contributed by atoms with E-state index in [1.807, 2.05) is 73.1 Å². The SMILES string of the molecule is Cc1nn(-c2ccccc2)c(C)c1C(O)[C@H]1C[C@H](O)CN1Cc1ccc(C=CC(=O)NO)cc1. The van der Waals surface area contributed by atoms with Gasteiger partial charge in [-0.05, 0) is 49.6 Å². The Labute approximate surface area is 198 Å². The van der Waals surface area contributed by atoms with Crippen LogP contribution < -0.4 is 5.48 Å². The normalized spacial score (nSPS) is 19.6. The maximum absolute atomic E-state index is 11.4. The van der Waals surface area contributed by atoms with Crippen LogP contribution in [0.1, 0.15) is 40.6 Å². The quantitative estimate of drug-likeness (QED) is 0.244. The number of aliphatic hydroxyl groups is 2. The Hall–Kier alpha value is -3.30. The Kier molecular flexibility index (Phi) is 7.23. The Morgan fingerprint density at radius 1 is 1.18 bits per heavy atom. The molecule has 1 aliphatic heterocycles. The molecule has 8 nitrogen and oxygen atoms in total. The van der Waals surface area contributed by atoms with Crippen molar-refractivity contribution in [1.82, 2.24) is 20.2 Å². The number of β-amino-alcohol motifs (C(OH)–C–C–N with tert-alkyl or cyclic N) is 1. The molecule has 3 aromatic rings. The lowest BCUT2D eigenvalue weighted by Gasteiger charge is -2.28. The van der Waals surface area contributed by atoms with Crippen LogP contribution in [0.2, 0.25) is 0 Å². The highest BCUT2D eigenvalue weighted by molar-refractivity contribution is 5.90. The lowest BCUT2D eigenvalue weighted by atomic mass is 9.97. The molecule has 0 bridgehead atoms. The van der Waals surface area contributed by atoms with Crippen LogP contribution in [0.5, 0.6) is 0 Å². The Balaban J connectivity index is 1.52. The zero-order valence-electron chi connectivity index (χ0n) is 19.3. The summed E-state index contributed by atoms with van der Waals surface area (Å²) in [7, 11) is 0. The number of para-hydroxylation sites is 1. The summed E-state index contributed by atoms with van der Waals surface area (Å²) in [5.41, 5.74) is 6.82. The number of hydroxylamine groups is 1. The highest BCUT2D eigenvalue weighted by Gasteiger charge is 2.38. The number of likely N-dealkylation sites (tertiary alicyclic amines) is 1. The Morgan fingerprint density at radius 2 is 1.88 bits per heavy atom. The van der Waals surface area contributed by atoms with Crippen molar-refractivity contribution in [3.05, 3.63) is 88.8 Å². The van der Waals surface area contributed by atoms with E-state index in [2.05, 4.69) is 10.00 Å². The van der Waals surface area contributed by atoms with Crippen molar-refractivity contribution in [2.45, 2.75) is 45.1 Å². The van der Waals surface area contributed by atoms with Crippen molar-refractivity contribution >= 4 is 12.0 Å². The first-order chi connectivity index (χ1) is 16.4. The van der Waals surface area contributed by atoms with Gasteiger partial charge in [-0.3, -0.25) is 14.9 Å². The Morgan fingerprint density at radius 3 is 2.56 bits per heavy atom. The third kappa shape index (κ3) is 5.10. The number of aliphatic hydroxyl groups excluding tert-OH is 2. The predicted octanol–water partition coefficient (Wildman–Crippen LogP) is 2.68. The molecule has 2 aromatic carbocycles. The molecule has 34 heavy (non-hydrogen) atoms. The number of aryl methyl sites for hydroxylation is 1. The summed E-state index contributed by atoms with van der Waals surface area (Å²) < 4.78 is 1.85. The third-order valence-corrected chi connectivity index (χ3v) is 6.34. The van der Waals surface area contributed by atoms with Crippen molar-refractivity contribution in [2.24, 2.45) is 0 Å². The second-order valence-electron chi connectivity index (χ2n) is 8.71. The summed E-state index contributed by atoms with van der Waals surface area (Å²) in [4.78, 5) is 13.3. The van der Waals surface area contributed by atoms with Crippen LogP contribution in [0.3, 0.4) is 0 Å². The van der Waals surface area contributed by atoms with Crippen molar-refractivity contribution in [3.8, 4) is 5.69 Å². The number of nitrogens with zero attached hydrogens (tertiary/aromatic N) is 3. The van der Waals surface area contributed by atoms with E-state index >= 15 is 0 Å². The maximum atomic E-state index is 11.4. The van der Waals surface area contributed by atoms with Crippen molar-refractivity contribution in [1.29, 1.82) is 0 Å². The zero-order valence-corrected chi connectivity index (χ0v) is 19.3. The number of aromatic nitrogens is 2. The summed E-state index contributed by atoms with van der Waals surface area (Å²) >= 11 is 0. The van der Waals surface area contributed by atoms with Gasteiger partial charge < -0.3 is 10.2 Å². The van der Waals surface area contributed by atoms with Gasteiger partial charge in [0.05, 0.1) is 23.6 Å². The molecule has 1 amide bonds. The second kappa shape index (κ2) is 10.3. The van der Waals surface area contributed by atoms with Crippen LogP contribution in [-0.2, 0) is 11.3 Å². The summed E-state index contributed by atoms with van der Waals surface area (Å²) in [6.07, 6.45) is 2.04. The molecule has 4 N–H and O–H groups in total. The average Bonchev–Trinajstić information content (AvgIpc) is 3.36. The van der Waals surface area contributed by atoms with Gasteiger partial charge in [0.25, 0.3) is 5.91 Å². The highest BCUT2D eigenvalue weighted by Crippen LogP contribution is 2.34. The number of rotatable bonds is 7. The molecule has 3 atom stereocenters. The molecular weight excluding hydrogens is 432 g/mol. The monoisotopic (exact) mass is 462 g/mol. The molecule has 1 aliphatic rings. The van der Waals surface area contributed by atoms with Crippen molar-refractivity contribution in [2.75, 3.05) is 6.54 Å². The minimum Gasteiger partial charge on any atom is -0.392 e. The first kappa shape index (κ1) is 23.8. The molecule has 1 fully saturated rings. The molecule has 1 unspecified atom stereocenters. The summed E-state index contributed by atoms with van der Waals surface area (Å²) in [5.74, 6) is -0.590. The first-order valence-electron chi connectivity index (χ1n) is 11.3. The van der Waals surface area contributed by atoms with E-state index in [9.17, 15) is 15.0 Å². The third-order valence-electron chi connectivity index (χ3n) is 6.34. The standard InChI is InChI=1S/C26H30N4O4/c1-17-25(18(2)30(27-17)21-6-4-3-5-7-21)26(33)23-14-22(31)16-29(23)15-20-10-8-19(9-11-20)12-13-24(32)28-34/h3-13,22-23,26,31,33-34H,14-16H2,1-2H3,(H,28,32)/t22-,23+,26?/m0/s1. The molecular formula is C26H30N4O4. The fraction of sp³-hybridized carbons (Fsp3) is 0.308. The van der Waals surface area contributed by atoms with Crippen LogP contribution in [0.25, 0.3) is 11.8 Å². The number of hydrogen-bond acceptors (Lipinski definition) is 6. The minimum absolute atomic E-state index is 0.242. The topological polar surface area (TPSA) is 111 Å². The van der Waals surface area contributed by atoms with E-state index in [4.69, 9.17) is 5.21 Å². The molecule has 2 heterocycles. The Bertz CT molecular complexity index is 1160. The van der Waals surface area contributed by atoms with Gasteiger partial charge in [0.2, 0.25) is 0 Å². The maximum Gasteiger partial charge on any atom is 0.267 e. The van der Waals surface area contributed by atoms with E-state index in [-0.39, 0.29) is 6.04 Å². The number of benzene rings is 2. The fourth-order valence-corrected chi connectivity index (χ4v) is 4.69. The van der Waals surface area contributed by atoms with Crippen LogP contribution in [-0.4, -0.2) is 54.7 Å².